The van der Waals surface area contributed by atoms with E-state index < -0.39 is 0 Å². The van der Waals surface area contributed by atoms with Crippen molar-refractivity contribution in [2.75, 3.05) is 0 Å². The van der Waals surface area contributed by atoms with Crippen LogP contribution in [0.3, 0.4) is 0 Å². The van der Waals surface area contributed by atoms with E-state index in [1.165, 1.54) is 4.88 Å². The molecule has 0 bridgehead atoms. The van der Waals surface area contributed by atoms with E-state index in [1.54, 1.807) is 28.0 Å². The summed E-state index contributed by atoms with van der Waals surface area (Å²) in [7, 11) is 0. The van der Waals surface area contributed by atoms with Crippen LogP contribution < -0.4 is 5.56 Å². The molecule has 0 spiro atoms. The van der Waals surface area contributed by atoms with Gasteiger partial charge in [0.1, 0.15) is 0 Å². The average Bonchev–Trinajstić information content (AvgIpc) is 2.61. The predicted octanol–water partition coefficient (Wildman–Crippen LogP) is 1.96. The van der Waals surface area contributed by atoms with Crippen LogP contribution in [0, 0.1) is 0 Å². The first-order valence-corrected chi connectivity index (χ1v) is 4.92. The monoisotopic (exact) mass is 191 g/mol. The van der Waals surface area contributed by atoms with Gasteiger partial charge in [0, 0.05) is 17.1 Å². The van der Waals surface area contributed by atoms with Gasteiger partial charge in [0.25, 0.3) is 5.56 Å². The minimum atomic E-state index is 0.0518. The Balaban J connectivity index is 2.29. The Morgan fingerprint density at radius 3 is 2.85 bits per heavy atom. The first-order chi connectivity index (χ1) is 6.36. The number of aromatic nitrogens is 1. The van der Waals surface area contributed by atoms with Gasteiger partial charge >= 0.3 is 0 Å². The van der Waals surface area contributed by atoms with Crippen LogP contribution in [-0.2, 0) is 6.54 Å². The summed E-state index contributed by atoms with van der Waals surface area (Å²) in [6.45, 7) is 0.678. The van der Waals surface area contributed by atoms with Crippen LogP contribution in [0.5, 0.6) is 0 Å². The quantitative estimate of drug-likeness (QED) is 0.711. The van der Waals surface area contributed by atoms with Gasteiger partial charge in [-0.15, -0.1) is 11.3 Å². The first-order valence-electron chi connectivity index (χ1n) is 4.04. The number of hydrogen-bond donors (Lipinski definition) is 0. The molecule has 0 N–H and O–H groups in total. The van der Waals surface area contributed by atoms with Crippen molar-refractivity contribution in [1.82, 2.24) is 4.57 Å². The van der Waals surface area contributed by atoms with E-state index >= 15 is 0 Å². The van der Waals surface area contributed by atoms with Crippen LogP contribution in [0.1, 0.15) is 4.88 Å². The van der Waals surface area contributed by atoms with E-state index in [2.05, 4.69) is 0 Å². The van der Waals surface area contributed by atoms with Crippen molar-refractivity contribution in [1.29, 1.82) is 0 Å². The number of hydrogen-bond acceptors (Lipinski definition) is 2. The maximum absolute atomic E-state index is 11.3. The fourth-order valence-electron chi connectivity index (χ4n) is 1.16. The van der Waals surface area contributed by atoms with Gasteiger partial charge in [0.15, 0.2) is 0 Å². The number of nitrogens with zero attached hydrogens (tertiary/aromatic N) is 1. The molecule has 0 aliphatic rings. The van der Waals surface area contributed by atoms with Crippen molar-refractivity contribution < 1.29 is 0 Å². The molecule has 0 unspecified atom stereocenters. The maximum atomic E-state index is 11.3. The largest absolute Gasteiger partial charge is 0.310 e. The highest BCUT2D eigenvalue weighted by Crippen LogP contribution is 2.08. The fourth-order valence-corrected chi connectivity index (χ4v) is 1.86. The molecule has 0 saturated heterocycles. The van der Waals surface area contributed by atoms with Crippen molar-refractivity contribution in [2.45, 2.75) is 6.54 Å². The molecule has 0 amide bonds. The molecule has 2 aromatic heterocycles. The normalized spacial score (nSPS) is 10.2. The van der Waals surface area contributed by atoms with E-state index in [-0.39, 0.29) is 5.56 Å². The third-order valence-corrected chi connectivity index (χ3v) is 2.67. The molecule has 2 aromatic rings. The lowest BCUT2D eigenvalue weighted by molar-refractivity contribution is 0.770. The van der Waals surface area contributed by atoms with E-state index in [4.69, 9.17) is 0 Å². The summed E-state index contributed by atoms with van der Waals surface area (Å²) in [5.41, 5.74) is 0.0518. The van der Waals surface area contributed by atoms with Crippen LogP contribution >= 0.6 is 11.3 Å². The van der Waals surface area contributed by atoms with E-state index in [1.807, 2.05) is 29.8 Å². The lowest BCUT2D eigenvalue weighted by Crippen LogP contribution is -2.17. The highest BCUT2D eigenvalue weighted by Gasteiger charge is 1.96. The van der Waals surface area contributed by atoms with Gasteiger partial charge in [0.2, 0.25) is 0 Å². The Kier molecular flexibility index (Phi) is 2.27. The SMILES string of the molecule is O=c1ccccn1Cc1cccs1. The minimum Gasteiger partial charge on any atom is -0.310 e. The van der Waals surface area contributed by atoms with Crippen molar-refractivity contribution in [3.63, 3.8) is 0 Å². The van der Waals surface area contributed by atoms with Crippen LogP contribution in [0.25, 0.3) is 0 Å². The molecule has 0 radical (unpaired) electrons. The Morgan fingerprint density at radius 2 is 2.15 bits per heavy atom. The Labute approximate surface area is 80.1 Å². The summed E-state index contributed by atoms with van der Waals surface area (Å²) in [5.74, 6) is 0. The highest BCUT2D eigenvalue weighted by atomic mass is 32.1. The summed E-state index contributed by atoms with van der Waals surface area (Å²) in [5, 5.41) is 2.02. The Bertz CT molecular complexity index is 430. The third kappa shape index (κ3) is 1.87. The van der Waals surface area contributed by atoms with Gasteiger partial charge in [0.05, 0.1) is 6.54 Å². The Morgan fingerprint density at radius 1 is 1.23 bits per heavy atom. The maximum Gasteiger partial charge on any atom is 0.250 e. The summed E-state index contributed by atoms with van der Waals surface area (Å²) in [6.07, 6.45) is 1.81. The zero-order chi connectivity index (χ0) is 9.10. The highest BCUT2D eigenvalue weighted by molar-refractivity contribution is 7.09. The van der Waals surface area contributed by atoms with Crippen molar-refractivity contribution >= 4 is 11.3 Å². The molecule has 66 valence electrons. The van der Waals surface area contributed by atoms with Gasteiger partial charge in [-0.2, -0.15) is 0 Å². The van der Waals surface area contributed by atoms with Gasteiger partial charge in [-0.1, -0.05) is 12.1 Å². The molecule has 0 aromatic carbocycles. The zero-order valence-corrected chi connectivity index (χ0v) is 7.83. The second-order valence-electron chi connectivity index (χ2n) is 2.75. The molecule has 0 aliphatic heterocycles. The van der Waals surface area contributed by atoms with Crippen LogP contribution in [0.2, 0.25) is 0 Å². The molecule has 2 nitrogen and oxygen atoms in total. The molecule has 2 rings (SSSR count). The zero-order valence-electron chi connectivity index (χ0n) is 7.01. The summed E-state index contributed by atoms with van der Waals surface area (Å²) in [6, 6.07) is 9.23. The van der Waals surface area contributed by atoms with Crippen molar-refractivity contribution in [2.24, 2.45) is 0 Å². The summed E-state index contributed by atoms with van der Waals surface area (Å²) < 4.78 is 1.70. The van der Waals surface area contributed by atoms with Gasteiger partial charge in [-0.05, 0) is 17.5 Å². The second-order valence-corrected chi connectivity index (χ2v) is 3.78. The molecule has 0 atom stereocenters. The molecule has 0 aliphatic carbocycles. The van der Waals surface area contributed by atoms with Crippen molar-refractivity contribution in [3.8, 4) is 0 Å². The van der Waals surface area contributed by atoms with E-state index in [0.29, 0.717) is 6.54 Å². The van der Waals surface area contributed by atoms with Crippen LogP contribution in [0.15, 0.2) is 46.7 Å². The molecule has 3 heteroatoms. The minimum absolute atomic E-state index is 0.0518. The van der Waals surface area contributed by atoms with E-state index in [0.717, 1.165) is 0 Å². The van der Waals surface area contributed by atoms with Gasteiger partial charge < -0.3 is 4.57 Å². The Hall–Kier alpha value is -1.35. The standard InChI is InChI=1S/C10H9NOS/c12-10-5-1-2-6-11(10)8-9-4-3-7-13-9/h1-7H,8H2. The molecule has 13 heavy (non-hydrogen) atoms. The van der Waals surface area contributed by atoms with Crippen molar-refractivity contribution in [3.05, 3.63) is 57.1 Å². The number of rotatable bonds is 2. The summed E-state index contributed by atoms with van der Waals surface area (Å²) >= 11 is 1.67. The average molecular weight is 191 g/mol. The lowest BCUT2D eigenvalue weighted by atomic mass is 10.4. The fraction of sp³-hybridized carbons (Fsp3) is 0.100. The number of thiophene rings is 1. The third-order valence-electron chi connectivity index (χ3n) is 1.81. The number of pyridine rings is 1. The summed E-state index contributed by atoms with van der Waals surface area (Å²) in [4.78, 5) is 12.5. The molecular weight excluding hydrogens is 182 g/mol. The van der Waals surface area contributed by atoms with Gasteiger partial charge in [-0.3, -0.25) is 4.79 Å². The molecule has 0 fully saturated rings. The second kappa shape index (κ2) is 3.58. The predicted molar refractivity (Wildman–Crippen MR) is 54.1 cm³/mol. The molecular formula is C10H9NOS. The molecule has 0 saturated carbocycles. The van der Waals surface area contributed by atoms with Crippen LogP contribution in [0.4, 0.5) is 0 Å². The van der Waals surface area contributed by atoms with Crippen LogP contribution in [-0.4, -0.2) is 4.57 Å². The topological polar surface area (TPSA) is 22.0 Å². The van der Waals surface area contributed by atoms with E-state index in [9.17, 15) is 4.79 Å². The first kappa shape index (κ1) is 8.26. The molecule has 2 heterocycles. The smallest absolute Gasteiger partial charge is 0.250 e. The van der Waals surface area contributed by atoms with Gasteiger partial charge in [-0.25, -0.2) is 0 Å². The lowest BCUT2D eigenvalue weighted by Gasteiger charge is -2.01.